The van der Waals surface area contributed by atoms with E-state index in [2.05, 4.69) is 10.1 Å². The zero-order chi connectivity index (χ0) is 24.1. The van der Waals surface area contributed by atoms with Crippen molar-refractivity contribution >= 4 is 27.4 Å². The Morgan fingerprint density at radius 3 is 2.55 bits per heavy atom. The number of amides is 1. The Morgan fingerprint density at radius 2 is 1.94 bits per heavy atom. The first kappa shape index (κ1) is 23.5. The number of nitrogens with zero attached hydrogens (tertiary/aromatic N) is 2. The molecule has 0 spiro atoms. The van der Waals surface area contributed by atoms with Crippen LogP contribution in [0.15, 0.2) is 36.4 Å². The third-order valence-electron chi connectivity index (χ3n) is 5.73. The van der Waals surface area contributed by atoms with Crippen LogP contribution in [0.3, 0.4) is 0 Å². The van der Waals surface area contributed by atoms with E-state index in [0.29, 0.717) is 11.3 Å². The average Bonchev–Trinajstić information content (AvgIpc) is 3.07. The van der Waals surface area contributed by atoms with Gasteiger partial charge in [0.05, 0.1) is 33.9 Å². The number of fused-ring (bicyclic) bond motifs is 1. The number of hydrogen-bond donors (Lipinski definition) is 3. The van der Waals surface area contributed by atoms with E-state index >= 15 is 0 Å². The van der Waals surface area contributed by atoms with Crippen molar-refractivity contribution in [2.75, 3.05) is 11.5 Å². The highest BCUT2D eigenvalue weighted by Crippen LogP contribution is 2.53. The van der Waals surface area contributed by atoms with E-state index in [0.717, 1.165) is 22.2 Å². The number of ether oxygens (including phenoxy) is 1. The minimum absolute atomic E-state index is 0.0321. The highest BCUT2D eigenvalue weighted by atomic mass is 32.3. The van der Waals surface area contributed by atoms with Crippen LogP contribution in [0.1, 0.15) is 48.3 Å². The minimum atomic E-state index is -2.93. The molecule has 1 amide bonds. The number of halogens is 2. The second kappa shape index (κ2) is 8.27. The van der Waals surface area contributed by atoms with Gasteiger partial charge in [0, 0.05) is 17.0 Å². The first-order valence-electron chi connectivity index (χ1n) is 10.5. The maximum atomic E-state index is 13.1. The lowest BCUT2D eigenvalue weighted by Crippen LogP contribution is -2.61. The molecule has 3 N–H and O–H groups in total. The van der Waals surface area contributed by atoms with Gasteiger partial charge in [-0.1, -0.05) is 19.9 Å². The first-order chi connectivity index (χ1) is 15.4. The molecule has 0 aliphatic carbocycles. The Morgan fingerprint density at radius 1 is 1.24 bits per heavy atom. The lowest BCUT2D eigenvalue weighted by molar-refractivity contribution is -0.0498. The zero-order valence-corrected chi connectivity index (χ0v) is 19.6. The Hall–Kier alpha value is -2.69. The maximum absolute atomic E-state index is 13.1. The van der Waals surface area contributed by atoms with Crippen LogP contribution in [0.25, 0.3) is 16.6 Å². The summed E-state index contributed by atoms with van der Waals surface area (Å²) in [7, 11) is -2.60. The normalized spacial score (nSPS) is 17.8. The molecule has 178 valence electrons. The van der Waals surface area contributed by atoms with Crippen molar-refractivity contribution in [3.63, 3.8) is 0 Å². The Kier molecular flexibility index (Phi) is 5.88. The molecule has 1 fully saturated rings. The van der Waals surface area contributed by atoms with Crippen LogP contribution in [-0.2, 0) is 0 Å². The van der Waals surface area contributed by atoms with Crippen LogP contribution in [0, 0.1) is 6.92 Å². The highest BCUT2D eigenvalue weighted by Gasteiger charge is 2.45. The number of carbonyl (C=O) groups is 1. The number of nitrogens with one attached hydrogen (secondary N) is 1. The minimum Gasteiger partial charge on any atom is -0.435 e. The van der Waals surface area contributed by atoms with Crippen LogP contribution in [0.5, 0.6) is 5.75 Å². The summed E-state index contributed by atoms with van der Waals surface area (Å²) in [5.41, 5.74) is 2.65. The SMILES string of the molecule is Cc1c(C(=O)NC2(C)CS(O)(O)C2)ccc2c1c(C(C)C)nn2-c1cccc(OC(F)F)c1. The molecule has 1 aromatic heterocycles. The van der Waals surface area contributed by atoms with Gasteiger partial charge < -0.3 is 10.1 Å². The third-order valence-corrected chi connectivity index (χ3v) is 7.93. The predicted molar refractivity (Wildman–Crippen MR) is 125 cm³/mol. The van der Waals surface area contributed by atoms with E-state index in [-0.39, 0.29) is 29.1 Å². The summed E-state index contributed by atoms with van der Waals surface area (Å²) < 4.78 is 51.0. The summed E-state index contributed by atoms with van der Waals surface area (Å²) in [6.45, 7) is 4.71. The molecule has 1 saturated heterocycles. The number of alkyl halides is 2. The van der Waals surface area contributed by atoms with Gasteiger partial charge in [0.1, 0.15) is 5.75 Å². The fourth-order valence-electron chi connectivity index (χ4n) is 4.44. The van der Waals surface area contributed by atoms with E-state index < -0.39 is 22.7 Å². The van der Waals surface area contributed by atoms with E-state index in [9.17, 15) is 22.7 Å². The predicted octanol–water partition coefficient (Wildman–Crippen LogP) is 5.31. The van der Waals surface area contributed by atoms with E-state index in [4.69, 9.17) is 5.10 Å². The van der Waals surface area contributed by atoms with Gasteiger partial charge in [-0.15, -0.1) is 0 Å². The van der Waals surface area contributed by atoms with Gasteiger partial charge in [-0.2, -0.15) is 24.5 Å². The molecule has 33 heavy (non-hydrogen) atoms. The molecule has 3 aromatic rings. The second-order valence-corrected chi connectivity index (χ2v) is 11.2. The van der Waals surface area contributed by atoms with Crippen LogP contribution in [0.2, 0.25) is 0 Å². The Balaban J connectivity index is 1.76. The maximum Gasteiger partial charge on any atom is 0.387 e. The van der Waals surface area contributed by atoms with E-state index in [1.54, 1.807) is 35.9 Å². The fourth-order valence-corrected chi connectivity index (χ4v) is 6.54. The fraction of sp³-hybridized carbons (Fsp3) is 0.391. The second-order valence-electron chi connectivity index (χ2n) is 9.07. The molecule has 0 bridgehead atoms. The molecule has 4 rings (SSSR count). The molecule has 0 atom stereocenters. The summed E-state index contributed by atoms with van der Waals surface area (Å²) in [6, 6.07) is 9.81. The standard InChI is InChI=1S/C23H27F2N3O4S/c1-13(2)20-19-14(3)17(21(29)26-23(4)11-33(30,31)12-23)8-9-18(19)28(27-20)15-6-5-7-16(10-15)32-22(24)25/h5-10,13,22,30-31H,11-12H2,1-4H3,(H,26,29). The van der Waals surface area contributed by atoms with Crippen molar-refractivity contribution < 1.29 is 27.4 Å². The van der Waals surface area contributed by atoms with E-state index in [1.165, 1.54) is 12.1 Å². The van der Waals surface area contributed by atoms with Gasteiger partial charge in [0.25, 0.3) is 5.91 Å². The molecule has 2 aromatic carbocycles. The molecule has 1 aliphatic heterocycles. The van der Waals surface area contributed by atoms with Gasteiger partial charge in [-0.3, -0.25) is 13.9 Å². The van der Waals surface area contributed by atoms with Gasteiger partial charge >= 0.3 is 6.61 Å². The Bertz CT molecular complexity index is 1220. The number of benzene rings is 2. The highest BCUT2D eigenvalue weighted by molar-refractivity contribution is 8.25. The van der Waals surface area contributed by atoms with Crippen molar-refractivity contribution in [3.8, 4) is 11.4 Å². The van der Waals surface area contributed by atoms with E-state index in [1.807, 2.05) is 20.8 Å². The molecule has 2 heterocycles. The molecule has 0 unspecified atom stereocenters. The van der Waals surface area contributed by atoms with Crippen LogP contribution >= 0.6 is 10.6 Å². The monoisotopic (exact) mass is 479 g/mol. The van der Waals surface area contributed by atoms with Crippen molar-refractivity contribution in [1.82, 2.24) is 15.1 Å². The summed E-state index contributed by atoms with van der Waals surface area (Å²) in [5, 5.41) is 8.49. The number of rotatable bonds is 6. The zero-order valence-electron chi connectivity index (χ0n) is 18.8. The quantitative estimate of drug-likeness (QED) is 0.445. The number of aromatic nitrogens is 2. The number of aryl methyl sites for hydroxylation is 1. The summed E-state index contributed by atoms with van der Waals surface area (Å²) >= 11 is 0. The summed E-state index contributed by atoms with van der Waals surface area (Å²) in [5.74, 6) is 0.0630. The largest absolute Gasteiger partial charge is 0.435 e. The van der Waals surface area contributed by atoms with Crippen LogP contribution in [0.4, 0.5) is 8.78 Å². The number of carbonyl (C=O) groups excluding carboxylic acids is 1. The van der Waals surface area contributed by atoms with Crippen LogP contribution < -0.4 is 10.1 Å². The van der Waals surface area contributed by atoms with Gasteiger partial charge in [0.15, 0.2) is 0 Å². The summed E-state index contributed by atoms with van der Waals surface area (Å²) in [4.78, 5) is 13.1. The smallest absolute Gasteiger partial charge is 0.387 e. The topological polar surface area (TPSA) is 96.6 Å². The van der Waals surface area contributed by atoms with Crippen molar-refractivity contribution in [3.05, 3.63) is 53.2 Å². The van der Waals surface area contributed by atoms with Crippen molar-refractivity contribution in [1.29, 1.82) is 0 Å². The summed E-state index contributed by atoms with van der Waals surface area (Å²) in [6.07, 6.45) is 0. The molecule has 1 aliphatic rings. The molecule has 0 radical (unpaired) electrons. The van der Waals surface area contributed by atoms with Crippen molar-refractivity contribution in [2.24, 2.45) is 0 Å². The molecular formula is C23H27F2N3O4S. The van der Waals surface area contributed by atoms with Crippen LogP contribution in [-0.4, -0.2) is 48.4 Å². The first-order valence-corrected chi connectivity index (χ1v) is 12.4. The Labute approximate surface area is 192 Å². The molecule has 0 saturated carbocycles. The molecular weight excluding hydrogens is 452 g/mol. The average molecular weight is 480 g/mol. The number of hydrogen-bond acceptors (Lipinski definition) is 5. The van der Waals surface area contributed by atoms with Gasteiger partial charge in [-0.05, 0) is 49.6 Å². The molecule has 10 heteroatoms. The van der Waals surface area contributed by atoms with Gasteiger partial charge in [0.2, 0.25) is 0 Å². The van der Waals surface area contributed by atoms with Crippen molar-refractivity contribution in [2.45, 2.75) is 45.8 Å². The lowest BCUT2D eigenvalue weighted by Gasteiger charge is -2.54. The lowest BCUT2D eigenvalue weighted by atomic mass is 9.97. The third kappa shape index (κ3) is 4.55. The molecule has 7 nitrogen and oxygen atoms in total. The van der Waals surface area contributed by atoms with Gasteiger partial charge in [-0.25, -0.2) is 4.68 Å².